The van der Waals surface area contributed by atoms with Crippen molar-refractivity contribution in [3.8, 4) is 0 Å². The highest BCUT2D eigenvalue weighted by atomic mass is 79.9. The molecule has 88 valence electrons. The summed E-state index contributed by atoms with van der Waals surface area (Å²) in [4.78, 5) is 11.9. The average Bonchev–Trinajstić information content (AvgIpc) is 2.77. The van der Waals surface area contributed by atoms with Crippen molar-refractivity contribution < 1.29 is 9.21 Å². The molecule has 0 radical (unpaired) electrons. The van der Waals surface area contributed by atoms with Gasteiger partial charge in [-0.1, -0.05) is 31.2 Å². The fourth-order valence-corrected chi connectivity index (χ4v) is 1.94. The summed E-state index contributed by atoms with van der Waals surface area (Å²) in [6, 6.07) is 11.5. The van der Waals surface area contributed by atoms with Crippen molar-refractivity contribution in [3.63, 3.8) is 0 Å². The molecule has 0 bridgehead atoms. The molecular formula is C14H13BrO2. The Morgan fingerprint density at radius 1 is 1.12 bits per heavy atom. The molecule has 1 heterocycles. The Kier molecular flexibility index (Phi) is 3.79. The number of carbonyl (C=O) groups is 1. The minimum atomic E-state index is -0.0000477. The van der Waals surface area contributed by atoms with E-state index in [0.29, 0.717) is 16.9 Å². The minimum absolute atomic E-state index is 0.0000477. The van der Waals surface area contributed by atoms with Crippen molar-refractivity contribution in [1.82, 2.24) is 0 Å². The molecule has 0 aliphatic carbocycles. The molecule has 2 rings (SSSR count). The third-order valence-electron chi connectivity index (χ3n) is 2.64. The number of furan rings is 1. The van der Waals surface area contributed by atoms with E-state index in [2.05, 4.69) is 35.0 Å². The number of benzene rings is 1. The van der Waals surface area contributed by atoms with Gasteiger partial charge in [-0.3, -0.25) is 4.79 Å². The van der Waals surface area contributed by atoms with Crippen molar-refractivity contribution in [2.24, 2.45) is 0 Å². The lowest BCUT2D eigenvalue weighted by Gasteiger charge is -2.01. The van der Waals surface area contributed by atoms with Crippen LogP contribution in [0.2, 0.25) is 0 Å². The number of halogens is 1. The predicted octanol–water partition coefficient (Wildman–Crippen LogP) is 4.03. The summed E-state index contributed by atoms with van der Waals surface area (Å²) >= 11 is 3.19. The average molecular weight is 293 g/mol. The molecule has 1 aromatic heterocycles. The summed E-state index contributed by atoms with van der Waals surface area (Å²) in [5.41, 5.74) is 2.29. The van der Waals surface area contributed by atoms with Crippen LogP contribution in [-0.4, -0.2) is 5.78 Å². The molecule has 0 aliphatic rings. The predicted molar refractivity (Wildman–Crippen MR) is 70.3 cm³/mol. The number of hydrogen-bond acceptors (Lipinski definition) is 2. The summed E-state index contributed by atoms with van der Waals surface area (Å²) in [6.07, 6.45) is 1.39. The summed E-state index contributed by atoms with van der Waals surface area (Å²) in [5, 5.41) is 0. The highest BCUT2D eigenvalue weighted by Crippen LogP contribution is 2.16. The molecule has 17 heavy (non-hydrogen) atoms. The van der Waals surface area contributed by atoms with Gasteiger partial charge < -0.3 is 4.42 Å². The number of hydrogen-bond donors (Lipinski definition) is 0. The Hall–Kier alpha value is -1.35. The van der Waals surface area contributed by atoms with Crippen LogP contribution >= 0.6 is 15.9 Å². The lowest BCUT2D eigenvalue weighted by Crippen LogP contribution is -2.01. The van der Waals surface area contributed by atoms with Crippen LogP contribution in [0.5, 0.6) is 0 Å². The van der Waals surface area contributed by atoms with Crippen LogP contribution in [-0.2, 0) is 12.8 Å². The van der Waals surface area contributed by atoms with E-state index >= 15 is 0 Å². The Bertz CT molecular complexity index is 511. The van der Waals surface area contributed by atoms with Crippen molar-refractivity contribution in [1.29, 1.82) is 0 Å². The van der Waals surface area contributed by atoms with E-state index in [1.54, 1.807) is 12.1 Å². The van der Waals surface area contributed by atoms with Gasteiger partial charge >= 0.3 is 0 Å². The molecule has 2 aromatic rings. The summed E-state index contributed by atoms with van der Waals surface area (Å²) in [5.74, 6) is 0.399. The second kappa shape index (κ2) is 5.32. The lowest BCUT2D eigenvalue weighted by molar-refractivity contribution is 0.0965. The van der Waals surface area contributed by atoms with Gasteiger partial charge in [0, 0.05) is 6.42 Å². The second-order valence-corrected chi connectivity index (χ2v) is 4.66. The maximum Gasteiger partial charge on any atom is 0.202 e. The highest BCUT2D eigenvalue weighted by molar-refractivity contribution is 9.10. The lowest BCUT2D eigenvalue weighted by atomic mass is 10.0. The third kappa shape index (κ3) is 3.07. The van der Waals surface area contributed by atoms with Crippen LogP contribution in [0.4, 0.5) is 0 Å². The molecule has 0 unspecified atom stereocenters. The van der Waals surface area contributed by atoms with E-state index < -0.39 is 0 Å². The van der Waals surface area contributed by atoms with E-state index in [9.17, 15) is 4.79 Å². The second-order valence-electron chi connectivity index (χ2n) is 3.87. The molecule has 3 heteroatoms. The topological polar surface area (TPSA) is 30.2 Å². The van der Waals surface area contributed by atoms with Crippen molar-refractivity contribution >= 4 is 21.7 Å². The highest BCUT2D eigenvalue weighted by Gasteiger charge is 2.11. The van der Waals surface area contributed by atoms with Crippen LogP contribution in [0.1, 0.15) is 28.6 Å². The zero-order valence-electron chi connectivity index (χ0n) is 9.57. The maximum atomic E-state index is 11.9. The standard InChI is InChI=1S/C14H13BrO2/c1-2-10-3-5-11(6-4-10)9-12(16)13-7-8-14(15)17-13/h3-8H,2,9H2,1H3. The van der Waals surface area contributed by atoms with Gasteiger partial charge in [-0.25, -0.2) is 0 Å². The van der Waals surface area contributed by atoms with E-state index in [1.807, 2.05) is 12.1 Å². The van der Waals surface area contributed by atoms with Gasteiger partial charge in [0.25, 0.3) is 0 Å². The molecule has 1 aromatic carbocycles. The fraction of sp³-hybridized carbons (Fsp3) is 0.214. The Morgan fingerprint density at radius 2 is 1.76 bits per heavy atom. The molecule has 0 atom stereocenters. The van der Waals surface area contributed by atoms with E-state index in [1.165, 1.54) is 5.56 Å². The number of carbonyl (C=O) groups excluding carboxylic acids is 1. The third-order valence-corrected chi connectivity index (χ3v) is 3.07. The first-order valence-corrected chi connectivity index (χ1v) is 6.34. The summed E-state index contributed by atoms with van der Waals surface area (Å²) < 4.78 is 5.81. The van der Waals surface area contributed by atoms with Gasteiger partial charge in [0.15, 0.2) is 10.4 Å². The smallest absolute Gasteiger partial charge is 0.202 e. The SMILES string of the molecule is CCc1ccc(CC(=O)c2ccc(Br)o2)cc1. The number of Topliss-reactive ketones (excluding diaryl/α,β-unsaturated/α-hetero) is 1. The van der Waals surface area contributed by atoms with Gasteiger partial charge in [0.2, 0.25) is 5.78 Å². The molecule has 0 fully saturated rings. The van der Waals surface area contributed by atoms with Gasteiger partial charge in [-0.05, 0) is 45.6 Å². The molecule has 2 nitrogen and oxygen atoms in total. The van der Waals surface area contributed by atoms with Crippen LogP contribution < -0.4 is 0 Å². The van der Waals surface area contributed by atoms with Gasteiger partial charge in [-0.2, -0.15) is 0 Å². The van der Waals surface area contributed by atoms with Crippen molar-refractivity contribution in [2.45, 2.75) is 19.8 Å². The Balaban J connectivity index is 2.07. The first-order valence-electron chi connectivity index (χ1n) is 5.55. The largest absolute Gasteiger partial charge is 0.446 e. The van der Waals surface area contributed by atoms with Crippen molar-refractivity contribution in [2.75, 3.05) is 0 Å². The Labute approximate surface area is 109 Å². The van der Waals surface area contributed by atoms with E-state index in [-0.39, 0.29) is 5.78 Å². The molecule has 0 spiro atoms. The van der Waals surface area contributed by atoms with E-state index in [0.717, 1.165) is 12.0 Å². The van der Waals surface area contributed by atoms with Gasteiger partial charge in [0.05, 0.1) is 0 Å². The van der Waals surface area contributed by atoms with Crippen LogP contribution in [0.3, 0.4) is 0 Å². The quantitative estimate of drug-likeness (QED) is 0.797. The molecule has 0 amide bonds. The van der Waals surface area contributed by atoms with Crippen molar-refractivity contribution in [3.05, 3.63) is 58.0 Å². The summed E-state index contributed by atoms with van der Waals surface area (Å²) in [6.45, 7) is 2.11. The molecule has 0 saturated heterocycles. The van der Waals surface area contributed by atoms with Gasteiger partial charge in [-0.15, -0.1) is 0 Å². The number of aryl methyl sites for hydroxylation is 1. The maximum absolute atomic E-state index is 11.9. The molecular weight excluding hydrogens is 280 g/mol. The minimum Gasteiger partial charge on any atom is -0.446 e. The molecule has 0 saturated carbocycles. The number of rotatable bonds is 4. The first kappa shape index (κ1) is 12.1. The van der Waals surface area contributed by atoms with Crippen LogP contribution in [0.15, 0.2) is 45.5 Å². The zero-order valence-corrected chi connectivity index (χ0v) is 11.2. The van der Waals surface area contributed by atoms with Crippen LogP contribution in [0, 0.1) is 0 Å². The Morgan fingerprint density at radius 3 is 2.29 bits per heavy atom. The normalized spacial score (nSPS) is 10.5. The first-order chi connectivity index (χ1) is 8.19. The summed E-state index contributed by atoms with van der Waals surface area (Å²) in [7, 11) is 0. The number of ketones is 1. The molecule has 0 aliphatic heterocycles. The van der Waals surface area contributed by atoms with E-state index in [4.69, 9.17) is 4.42 Å². The zero-order chi connectivity index (χ0) is 12.3. The van der Waals surface area contributed by atoms with Gasteiger partial charge in [0.1, 0.15) is 0 Å². The fourth-order valence-electron chi connectivity index (χ4n) is 1.63. The monoisotopic (exact) mass is 292 g/mol. The van der Waals surface area contributed by atoms with Crippen LogP contribution in [0.25, 0.3) is 0 Å². The molecule has 0 N–H and O–H groups in total.